The first-order valence-electron chi connectivity index (χ1n) is 6.18. The van der Waals surface area contributed by atoms with Crippen molar-refractivity contribution in [3.63, 3.8) is 0 Å². The Labute approximate surface area is 119 Å². The van der Waals surface area contributed by atoms with Crippen LogP contribution in [0.5, 0.6) is 0 Å². The SMILES string of the molecule is CNS(=O)(=O)c1ccc(CNCC(=O)NC(C)(C)C)o1. The Morgan fingerprint density at radius 1 is 1.30 bits per heavy atom. The molecule has 0 radical (unpaired) electrons. The van der Waals surface area contributed by atoms with Crippen LogP contribution in [0, 0.1) is 0 Å². The van der Waals surface area contributed by atoms with Gasteiger partial charge in [0.05, 0.1) is 13.1 Å². The van der Waals surface area contributed by atoms with Crippen LogP contribution in [-0.2, 0) is 21.4 Å². The zero-order valence-electron chi connectivity index (χ0n) is 12.1. The van der Waals surface area contributed by atoms with Gasteiger partial charge in [-0.05, 0) is 40.0 Å². The molecule has 0 aliphatic rings. The third kappa shape index (κ3) is 5.32. The Morgan fingerprint density at radius 3 is 2.50 bits per heavy atom. The lowest BCUT2D eigenvalue weighted by atomic mass is 10.1. The Bertz CT molecular complexity index is 558. The normalized spacial score (nSPS) is 12.4. The molecule has 0 unspecified atom stereocenters. The highest BCUT2D eigenvalue weighted by Crippen LogP contribution is 2.12. The van der Waals surface area contributed by atoms with Crippen LogP contribution < -0.4 is 15.4 Å². The van der Waals surface area contributed by atoms with E-state index in [2.05, 4.69) is 15.4 Å². The fourth-order valence-corrected chi connectivity index (χ4v) is 2.13. The topological polar surface area (TPSA) is 100 Å². The number of hydrogen-bond acceptors (Lipinski definition) is 5. The first kappa shape index (κ1) is 16.7. The van der Waals surface area contributed by atoms with Crippen molar-refractivity contribution in [3.05, 3.63) is 17.9 Å². The Morgan fingerprint density at radius 2 is 1.95 bits per heavy atom. The molecule has 3 N–H and O–H groups in total. The minimum atomic E-state index is -3.57. The molecule has 1 aromatic heterocycles. The van der Waals surface area contributed by atoms with Crippen molar-refractivity contribution in [2.75, 3.05) is 13.6 Å². The Kier molecular flexibility index (Phi) is 5.32. The molecule has 0 atom stereocenters. The van der Waals surface area contributed by atoms with E-state index in [-0.39, 0.29) is 29.6 Å². The maximum absolute atomic E-state index is 11.5. The van der Waals surface area contributed by atoms with E-state index >= 15 is 0 Å². The standard InChI is InChI=1S/C12H21N3O4S/c1-12(2,3)15-10(16)8-14-7-9-5-6-11(19-9)20(17,18)13-4/h5-6,13-14H,7-8H2,1-4H3,(H,15,16). The number of hydrogen-bond donors (Lipinski definition) is 3. The zero-order valence-corrected chi connectivity index (χ0v) is 12.9. The zero-order chi connectivity index (χ0) is 15.4. The van der Waals surface area contributed by atoms with Gasteiger partial charge in [0.15, 0.2) is 0 Å². The smallest absolute Gasteiger partial charge is 0.273 e. The van der Waals surface area contributed by atoms with Gasteiger partial charge >= 0.3 is 0 Å². The molecule has 1 aromatic rings. The van der Waals surface area contributed by atoms with Gasteiger partial charge in [-0.1, -0.05) is 0 Å². The maximum Gasteiger partial charge on any atom is 0.273 e. The summed E-state index contributed by atoms with van der Waals surface area (Å²) in [7, 11) is -2.25. The molecule has 0 bridgehead atoms. The second-order valence-electron chi connectivity index (χ2n) is 5.33. The summed E-state index contributed by atoms with van der Waals surface area (Å²) in [6.45, 7) is 6.09. The predicted molar refractivity (Wildman–Crippen MR) is 74.6 cm³/mol. The van der Waals surface area contributed by atoms with Crippen LogP contribution in [0.15, 0.2) is 21.6 Å². The van der Waals surface area contributed by atoms with Crippen LogP contribution in [0.2, 0.25) is 0 Å². The summed E-state index contributed by atoms with van der Waals surface area (Å²) in [5.41, 5.74) is -0.280. The third-order valence-electron chi connectivity index (χ3n) is 2.27. The number of carbonyl (C=O) groups excluding carboxylic acids is 1. The van der Waals surface area contributed by atoms with Gasteiger partial charge in [-0.2, -0.15) is 0 Å². The molecule has 0 saturated carbocycles. The molecule has 8 heteroatoms. The first-order chi connectivity index (χ1) is 9.14. The lowest BCUT2D eigenvalue weighted by Gasteiger charge is -2.20. The van der Waals surface area contributed by atoms with Crippen molar-refractivity contribution in [3.8, 4) is 0 Å². The molecule has 0 aliphatic carbocycles. The molecule has 7 nitrogen and oxygen atoms in total. The van der Waals surface area contributed by atoms with Crippen molar-refractivity contribution in [2.45, 2.75) is 37.9 Å². The number of amides is 1. The molecule has 0 aliphatic heterocycles. The number of sulfonamides is 1. The molecule has 114 valence electrons. The Hall–Kier alpha value is -1.38. The molecule has 0 saturated heterocycles. The largest absolute Gasteiger partial charge is 0.447 e. The van der Waals surface area contributed by atoms with E-state index in [4.69, 9.17) is 4.42 Å². The van der Waals surface area contributed by atoms with Gasteiger partial charge in [0.1, 0.15) is 5.76 Å². The number of rotatable bonds is 6. The van der Waals surface area contributed by atoms with Crippen LogP contribution in [-0.4, -0.2) is 33.5 Å². The van der Waals surface area contributed by atoms with Gasteiger partial charge < -0.3 is 15.1 Å². The average molecular weight is 303 g/mol. The molecular weight excluding hydrogens is 282 g/mol. The molecular formula is C12H21N3O4S. The summed E-state index contributed by atoms with van der Waals surface area (Å²) >= 11 is 0. The van der Waals surface area contributed by atoms with Crippen LogP contribution in [0.25, 0.3) is 0 Å². The summed E-state index contributed by atoms with van der Waals surface area (Å²) in [4.78, 5) is 11.5. The number of carbonyl (C=O) groups is 1. The summed E-state index contributed by atoms with van der Waals surface area (Å²) in [6.07, 6.45) is 0. The maximum atomic E-state index is 11.5. The summed E-state index contributed by atoms with van der Waals surface area (Å²) < 4.78 is 30.3. The molecule has 20 heavy (non-hydrogen) atoms. The van der Waals surface area contributed by atoms with Crippen LogP contribution in [0.4, 0.5) is 0 Å². The highest BCUT2D eigenvalue weighted by molar-refractivity contribution is 7.89. The van der Waals surface area contributed by atoms with Crippen molar-refractivity contribution < 1.29 is 17.6 Å². The highest BCUT2D eigenvalue weighted by atomic mass is 32.2. The van der Waals surface area contributed by atoms with Gasteiger partial charge in [-0.25, -0.2) is 13.1 Å². The monoisotopic (exact) mass is 303 g/mol. The lowest BCUT2D eigenvalue weighted by molar-refractivity contribution is -0.121. The summed E-state index contributed by atoms with van der Waals surface area (Å²) in [6, 6.07) is 2.93. The van der Waals surface area contributed by atoms with E-state index in [1.54, 1.807) is 6.07 Å². The fraction of sp³-hybridized carbons (Fsp3) is 0.583. The highest BCUT2D eigenvalue weighted by Gasteiger charge is 2.16. The Balaban J connectivity index is 2.46. The predicted octanol–water partition coefficient (Wildman–Crippen LogP) is 0.192. The van der Waals surface area contributed by atoms with Crippen LogP contribution in [0.1, 0.15) is 26.5 Å². The van der Waals surface area contributed by atoms with Gasteiger partial charge in [-0.3, -0.25) is 4.79 Å². The first-order valence-corrected chi connectivity index (χ1v) is 7.66. The van der Waals surface area contributed by atoms with Gasteiger partial charge in [-0.15, -0.1) is 0 Å². The lowest BCUT2D eigenvalue weighted by Crippen LogP contribution is -2.44. The van der Waals surface area contributed by atoms with E-state index in [1.165, 1.54) is 13.1 Å². The second-order valence-corrected chi connectivity index (χ2v) is 7.15. The van der Waals surface area contributed by atoms with Crippen molar-refractivity contribution >= 4 is 15.9 Å². The van der Waals surface area contributed by atoms with E-state index in [0.29, 0.717) is 5.76 Å². The minimum absolute atomic E-state index is 0.131. The molecule has 1 amide bonds. The van der Waals surface area contributed by atoms with Gasteiger partial charge in [0.2, 0.25) is 11.0 Å². The van der Waals surface area contributed by atoms with E-state index < -0.39 is 10.0 Å². The fourth-order valence-electron chi connectivity index (χ4n) is 1.46. The van der Waals surface area contributed by atoms with Gasteiger partial charge in [0.25, 0.3) is 10.0 Å². The molecule has 0 spiro atoms. The average Bonchev–Trinajstić information content (AvgIpc) is 2.76. The van der Waals surface area contributed by atoms with Crippen molar-refractivity contribution in [1.82, 2.24) is 15.4 Å². The molecule has 0 aromatic carbocycles. The van der Waals surface area contributed by atoms with E-state index in [9.17, 15) is 13.2 Å². The number of nitrogens with one attached hydrogen (secondary N) is 3. The van der Waals surface area contributed by atoms with Gasteiger partial charge in [0, 0.05) is 5.54 Å². The third-order valence-corrected chi connectivity index (χ3v) is 3.56. The van der Waals surface area contributed by atoms with E-state index in [1.807, 2.05) is 20.8 Å². The van der Waals surface area contributed by atoms with Crippen LogP contribution >= 0.6 is 0 Å². The molecule has 1 rings (SSSR count). The van der Waals surface area contributed by atoms with E-state index in [0.717, 1.165) is 0 Å². The quantitative estimate of drug-likeness (QED) is 0.696. The summed E-state index contributed by atoms with van der Waals surface area (Å²) in [5.74, 6) is 0.314. The van der Waals surface area contributed by atoms with Crippen molar-refractivity contribution in [2.24, 2.45) is 0 Å². The molecule has 0 fully saturated rings. The summed E-state index contributed by atoms with van der Waals surface area (Å²) in [5, 5.41) is 5.55. The minimum Gasteiger partial charge on any atom is -0.447 e. The number of furan rings is 1. The van der Waals surface area contributed by atoms with Crippen molar-refractivity contribution in [1.29, 1.82) is 0 Å². The molecule has 1 heterocycles. The van der Waals surface area contributed by atoms with Crippen LogP contribution in [0.3, 0.4) is 0 Å². The second kappa shape index (κ2) is 6.38.